The van der Waals surface area contributed by atoms with E-state index >= 15 is 0 Å². The van der Waals surface area contributed by atoms with E-state index in [1.165, 1.54) is 22.6 Å². The van der Waals surface area contributed by atoms with Gasteiger partial charge in [0.25, 0.3) is 6.43 Å². The molecular weight excluding hydrogens is 364 g/mol. The summed E-state index contributed by atoms with van der Waals surface area (Å²) in [7, 11) is 0. The second kappa shape index (κ2) is 5.29. The van der Waals surface area contributed by atoms with Crippen molar-refractivity contribution in [2.75, 3.05) is 0 Å². The number of aromatic nitrogens is 1. The van der Waals surface area contributed by atoms with E-state index in [1.807, 2.05) is 0 Å². The molecule has 0 amide bonds. The molecule has 0 spiro atoms. The fourth-order valence-corrected chi connectivity index (χ4v) is 1.72. The Kier molecular flexibility index (Phi) is 4.47. The van der Waals surface area contributed by atoms with Crippen molar-refractivity contribution in [1.29, 1.82) is 0 Å². The molecule has 0 saturated heterocycles. The van der Waals surface area contributed by atoms with Crippen LogP contribution in [0.25, 0.3) is 0 Å². The molecule has 0 bridgehead atoms. The maximum Gasteiger partial charge on any atom is 0.573 e. The standard InChI is InChI=1S/C8H5F5INO2/c9-6(10)4-1-5(17-8(11,12)13)3(2-16)7(14)15-4/h1,6,16H,2H2. The molecule has 0 atom stereocenters. The van der Waals surface area contributed by atoms with E-state index in [-0.39, 0.29) is 9.26 Å². The van der Waals surface area contributed by atoms with E-state index in [2.05, 4.69) is 9.72 Å². The van der Waals surface area contributed by atoms with Crippen LogP contribution in [0.4, 0.5) is 22.0 Å². The molecule has 1 rings (SSSR count). The molecule has 0 radical (unpaired) electrons. The molecule has 1 aromatic heterocycles. The summed E-state index contributed by atoms with van der Waals surface area (Å²) in [6, 6.07) is 0.464. The Morgan fingerprint density at radius 2 is 2.00 bits per heavy atom. The summed E-state index contributed by atoms with van der Waals surface area (Å²) < 4.78 is 64.1. The van der Waals surface area contributed by atoms with E-state index in [0.29, 0.717) is 6.07 Å². The number of aliphatic hydroxyl groups is 1. The monoisotopic (exact) mass is 369 g/mol. The summed E-state index contributed by atoms with van der Waals surface area (Å²) in [5.41, 5.74) is -1.13. The quantitative estimate of drug-likeness (QED) is 0.506. The topological polar surface area (TPSA) is 42.4 Å². The third-order valence-electron chi connectivity index (χ3n) is 1.66. The third-order valence-corrected chi connectivity index (χ3v) is 2.55. The van der Waals surface area contributed by atoms with Gasteiger partial charge in [0.2, 0.25) is 0 Å². The highest BCUT2D eigenvalue weighted by Crippen LogP contribution is 2.32. The van der Waals surface area contributed by atoms with Crippen LogP contribution < -0.4 is 4.74 Å². The van der Waals surface area contributed by atoms with Crippen molar-refractivity contribution < 1.29 is 31.8 Å². The molecular formula is C8H5F5INO2. The molecule has 0 saturated carbocycles. The SMILES string of the molecule is OCc1c(OC(F)(F)F)cc(C(F)F)nc1I. The van der Waals surface area contributed by atoms with E-state index in [4.69, 9.17) is 5.11 Å². The largest absolute Gasteiger partial charge is 0.573 e. The van der Waals surface area contributed by atoms with E-state index in [9.17, 15) is 22.0 Å². The fourth-order valence-electron chi connectivity index (χ4n) is 1.01. The van der Waals surface area contributed by atoms with Gasteiger partial charge in [0.1, 0.15) is 15.1 Å². The van der Waals surface area contributed by atoms with Gasteiger partial charge in [-0.15, -0.1) is 13.2 Å². The van der Waals surface area contributed by atoms with E-state index in [0.717, 1.165) is 0 Å². The molecule has 1 N–H and O–H groups in total. The summed E-state index contributed by atoms with van der Waals surface area (Å²) >= 11 is 1.44. The molecule has 1 heterocycles. The molecule has 0 aliphatic carbocycles. The van der Waals surface area contributed by atoms with Crippen molar-refractivity contribution in [1.82, 2.24) is 4.98 Å². The lowest BCUT2D eigenvalue weighted by Crippen LogP contribution is -2.19. The summed E-state index contributed by atoms with van der Waals surface area (Å²) in [5, 5.41) is 8.85. The minimum atomic E-state index is -5.02. The molecule has 96 valence electrons. The van der Waals surface area contributed by atoms with E-state index < -0.39 is 30.8 Å². The van der Waals surface area contributed by atoms with Gasteiger partial charge in [-0.05, 0) is 22.6 Å². The predicted octanol–water partition coefficient (Wildman–Crippen LogP) is 3.01. The summed E-state index contributed by atoms with van der Waals surface area (Å²) in [5.74, 6) is -0.866. The molecule has 0 fully saturated rings. The van der Waals surface area contributed by atoms with Gasteiger partial charge in [0.05, 0.1) is 12.2 Å². The molecule has 0 aromatic carbocycles. The number of nitrogens with zero attached hydrogens (tertiary/aromatic N) is 1. The number of hydrogen-bond donors (Lipinski definition) is 1. The van der Waals surface area contributed by atoms with Crippen molar-refractivity contribution in [2.45, 2.75) is 19.4 Å². The van der Waals surface area contributed by atoms with Crippen LogP contribution in [0.15, 0.2) is 6.07 Å². The molecule has 9 heteroatoms. The Hall–Kier alpha value is -0.710. The van der Waals surface area contributed by atoms with Crippen molar-refractivity contribution >= 4 is 22.6 Å². The van der Waals surface area contributed by atoms with Crippen LogP contribution in [0.3, 0.4) is 0 Å². The highest BCUT2D eigenvalue weighted by molar-refractivity contribution is 14.1. The fraction of sp³-hybridized carbons (Fsp3) is 0.375. The van der Waals surface area contributed by atoms with Gasteiger partial charge in [0, 0.05) is 6.07 Å². The number of pyridine rings is 1. The lowest BCUT2D eigenvalue weighted by atomic mass is 10.2. The smallest absolute Gasteiger partial charge is 0.405 e. The molecule has 0 aliphatic rings. The maximum atomic E-state index is 12.3. The van der Waals surface area contributed by atoms with Crippen molar-refractivity contribution in [3.8, 4) is 5.75 Å². The zero-order chi connectivity index (χ0) is 13.2. The number of alkyl halides is 5. The van der Waals surface area contributed by atoms with Crippen molar-refractivity contribution in [2.24, 2.45) is 0 Å². The third kappa shape index (κ3) is 3.91. The van der Waals surface area contributed by atoms with Crippen LogP contribution in [-0.2, 0) is 6.61 Å². The summed E-state index contributed by atoms with van der Waals surface area (Å²) in [4.78, 5) is 3.36. The van der Waals surface area contributed by atoms with Crippen LogP contribution >= 0.6 is 22.6 Å². The molecule has 1 aromatic rings. The molecule has 0 aliphatic heterocycles. The Bertz CT molecular complexity index is 410. The highest BCUT2D eigenvalue weighted by atomic mass is 127. The lowest BCUT2D eigenvalue weighted by molar-refractivity contribution is -0.275. The number of halogens is 6. The Morgan fingerprint density at radius 1 is 1.41 bits per heavy atom. The van der Waals surface area contributed by atoms with Crippen LogP contribution in [0, 0.1) is 3.70 Å². The van der Waals surface area contributed by atoms with Crippen molar-refractivity contribution in [3.05, 3.63) is 21.0 Å². The first-order valence-electron chi connectivity index (χ1n) is 4.08. The highest BCUT2D eigenvalue weighted by Gasteiger charge is 2.33. The van der Waals surface area contributed by atoms with Gasteiger partial charge < -0.3 is 9.84 Å². The molecule has 17 heavy (non-hydrogen) atoms. The maximum absolute atomic E-state index is 12.3. The van der Waals surface area contributed by atoms with Gasteiger partial charge in [-0.1, -0.05) is 0 Å². The second-order valence-corrected chi connectivity index (χ2v) is 3.84. The Morgan fingerprint density at radius 3 is 2.41 bits per heavy atom. The van der Waals surface area contributed by atoms with Crippen LogP contribution in [-0.4, -0.2) is 16.5 Å². The first kappa shape index (κ1) is 14.4. The lowest BCUT2D eigenvalue weighted by Gasteiger charge is -2.14. The van der Waals surface area contributed by atoms with Gasteiger partial charge in [-0.3, -0.25) is 0 Å². The van der Waals surface area contributed by atoms with Gasteiger partial charge in [-0.2, -0.15) is 0 Å². The first-order valence-corrected chi connectivity index (χ1v) is 5.16. The Balaban J connectivity index is 3.24. The summed E-state index contributed by atoms with van der Waals surface area (Å²) in [6.07, 6.45) is -8.04. The van der Waals surface area contributed by atoms with Crippen molar-refractivity contribution in [3.63, 3.8) is 0 Å². The minimum absolute atomic E-state index is 0.165. The molecule has 0 unspecified atom stereocenters. The zero-order valence-electron chi connectivity index (χ0n) is 7.93. The zero-order valence-corrected chi connectivity index (χ0v) is 10.1. The van der Waals surface area contributed by atoms with Gasteiger partial charge in [-0.25, -0.2) is 13.8 Å². The van der Waals surface area contributed by atoms with E-state index in [1.54, 1.807) is 0 Å². The second-order valence-electron chi connectivity index (χ2n) is 2.82. The number of ether oxygens (including phenoxy) is 1. The first-order chi connectivity index (χ1) is 7.74. The number of aliphatic hydroxyl groups excluding tert-OH is 1. The normalized spacial score (nSPS) is 12.0. The average Bonchev–Trinajstić information content (AvgIpc) is 2.14. The van der Waals surface area contributed by atoms with Crippen LogP contribution in [0.2, 0.25) is 0 Å². The van der Waals surface area contributed by atoms with Gasteiger partial charge >= 0.3 is 6.36 Å². The summed E-state index contributed by atoms with van der Waals surface area (Å²) in [6.45, 7) is -0.791. The average molecular weight is 369 g/mol. The Labute approximate surface area is 106 Å². The minimum Gasteiger partial charge on any atom is -0.405 e. The van der Waals surface area contributed by atoms with Crippen LogP contribution in [0.1, 0.15) is 17.7 Å². The van der Waals surface area contributed by atoms with Gasteiger partial charge in [0.15, 0.2) is 0 Å². The predicted molar refractivity (Wildman–Crippen MR) is 54.5 cm³/mol. The molecule has 3 nitrogen and oxygen atoms in total. The van der Waals surface area contributed by atoms with Crippen LogP contribution in [0.5, 0.6) is 5.75 Å². The number of rotatable bonds is 3. The number of hydrogen-bond acceptors (Lipinski definition) is 3.